The third-order valence-corrected chi connectivity index (χ3v) is 6.11. The molecule has 0 bridgehead atoms. The molecule has 4 rings (SSSR count). The number of nitrogens with one attached hydrogen (secondary N) is 2. The Hall–Kier alpha value is -2.59. The highest BCUT2D eigenvalue weighted by Gasteiger charge is 2.48. The van der Waals surface area contributed by atoms with E-state index in [1.165, 1.54) is 35.6 Å². The quantitative estimate of drug-likeness (QED) is 0.520. The Morgan fingerprint density at radius 2 is 2.03 bits per heavy atom. The number of halogens is 5. The first-order chi connectivity index (χ1) is 14.2. The zero-order valence-corrected chi connectivity index (χ0v) is 16.8. The number of hydrogen-bond donors (Lipinski definition) is 2. The molecule has 1 amide bonds. The Morgan fingerprint density at radius 1 is 1.30 bits per heavy atom. The molecule has 158 valence electrons. The van der Waals surface area contributed by atoms with Crippen LogP contribution in [0.3, 0.4) is 0 Å². The molecule has 30 heavy (non-hydrogen) atoms. The summed E-state index contributed by atoms with van der Waals surface area (Å²) in [5, 5.41) is 11.0. The van der Waals surface area contributed by atoms with Crippen molar-refractivity contribution in [3.63, 3.8) is 0 Å². The lowest BCUT2D eigenvalue weighted by molar-refractivity contribution is -0.173. The van der Waals surface area contributed by atoms with Gasteiger partial charge in [-0.15, -0.1) is 11.3 Å². The number of fused-ring (bicyclic) bond motifs is 1. The summed E-state index contributed by atoms with van der Waals surface area (Å²) in [5.41, 5.74) is 0.316. The van der Waals surface area contributed by atoms with Gasteiger partial charge >= 0.3 is 6.18 Å². The number of aromatic nitrogens is 2. The Bertz CT molecular complexity index is 1050. The largest absolute Gasteiger partial charge is 0.410 e. The molecule has 2 N–H and O–H groups in total. The Morgan fingerprint density at radius 3 is 2.67 bits per heavy atom. The highest BCUT2D eigenvalue weighted by Crippen LogP contribution is 2.46. The van der Waals surface area contributed by atoms with Crippen LogP contribution in [-0.4, -0.2) is 21.9 Å². The first kappa shape index (κ1) is 20.7. The van der Waals surface area contributed by atoms with Crippen LogP contribution in [0.25, 0.3) is 0 Å². The van der Waals surface area contributed by atoms with E-state index in [0.29, 0.717) is 5.56 Å². The van der Waals surface area contributed by atoms with Crippen LogP contribution >= 0.6 is 22.9 Å². The molecule has 0 saturated carbocycles. The summed E-state index contributed by atoms with van der Waals surface area (Å²) in [4.78, 5) is 13.3. The predicted molar refractivity (Wildman–Crippen MR) is 105 cm³/mol. The Balaban J connectivity index is 1.61. The van der Waals surface area contributed by atoms with Gasteiger partial charge in [0.25, 0.3) is 5.91 Å². The number of thiophene rings is 1. The van der Waals surface area contributed by atoms with Crippen molar-refractivity contribution in [3.05, 3.63) is 68.8 Å². The van der Waals surface area contributed by atoms with Crippen LogP contribution in [0.1, 0.15) is 39.4 Å². The van der Waals surface area contributed by atoms with Crippen LogP contribution in [-0.2, 0) is 6.54 Å². The SMILES string of the molecule is O=C(NCc1ccc(F)cc1)c1nn2c(c1Cl)NC(c1cccs1)CC2C(F)(F)F. The van der Waals surface area contributed by atoms with E-state index >= 15 is 0 Å². The lowest BCUT2D eigenvalue weighted by Crippen LogP contribution is -2.35. The van der Waals surface area contributed by atoms with Crippen LogP contribution < -0.4 is 10.6 Å². The molecule has 0 spiro atoms. The van der Waals surface area contributed by atoms with Crippen LogP contribution in [0.5, 0.6) is 0 Å². The van der Waals surface area contributed by atoms with E-state index < -0.39 is 30.0 Å². The number of carbonyl (C=O) groups excluding carboxylic acids is 1. The van der Waals surface area contributed by atoms with Crippen molar-refractivity contribution < 1.29 is 22.4 Å². The number of benzene rings is 1. The van der Waals surface area contributed by atoms with E-state index in [9.17, 15) is 22.4 Å². The van der Waals surface area contributed by atoms with Gasteiger partial charge in [-0.25, -0.2) is 9.07 Å². The van der Waals surface area contributed by atoms with Gasteiger partial charge in [0.2, 0.25) is 0 Å². The molecule has 1 aromatic carbocycles. The van der Waals surface area contributed by atoms with Crippen molar-refractivity contribution in [1.29, 1.82) is 0 Å². The van der Waals surface area contributed by atoms with Gasteiger partial charge in [0.1, 0.15) is 16.7 Å². The lowest BCUT2D eigenvalue weighted by atomic mass is 10.0. The van der Waals surface area contributed by atoms with E-state index in [1.807, 2.05) is 0 Å². The number of hydrogen-bond acceptors (Lipinski definition) is 4. The van der Waals surface area contributed by atoms with Crippen molar-refractivity contribution in [2.24, 2.45) is 0 Å². The summed E-state index contributed by atoms with van der Waals surface area (Å²) in [5.74, 6) is -1.18. The molecule has 5 nitrogen and oxygen atoms in total. The summed E-state index contributed by atoms with van der Waals surface area (Å²) < 4.78 is 54.9. The fourth-order valence-electron chi connectivity index (χ4n) is 3.28. The fourth-order valence-corrected chi connectivity index (χ4v) is 4.33. The number of amides is 1. The molecule has 0 aliphatic carbocycles. The number of nitrogens with zero attached hydrogens (tertiary/aromatic N) is 2. The van der Waals surface area contributed by atoms with Crippen LogP contribution in [0, 0.1) is 5.82 Å². The zero-order valence-electron chi connectivity index (χ0n) is 15.2. The zero-order chi connectivity index (χ0) is 21.5. The average molecular weight is 459 g/mol. The lowest BCUT2D eigenvalue weighted by Gasteiger charge is -2.32. The van der Waals surface area contributed by atoms with Crippen molar-refractivity contribution >= 4 is 34.7 Å². The molecule has 1 aliphatic rings. The molecule has 3 heterocycles. The average Bonchev–Trinajstić information content (AvgIpc) is 3.34. The first-order valence-electron chi connectivity index (χ1n) is 8.91. The molecule has 2 aromatic heterocycles. The summed E-state index contributed by atoms with van der Waals surface area (Å²) in [6.45, 7) is 0.0472. The monoisotopic (exact) mass is 458 g/mol. The van der Waals surface area contributed by atoms with E-state index in [1.54, 1.807) is 17.5 Å². The molecule has 0 radical (unpaired) electrons. The van der Waals surface area contributed by atoms with Crippen molar-refractivity contribution in [2.45, 2.75) is 31.2 Å². The maximum atomic E-state index is 13.7. The molecule has 11 heteroatoms. The van der Waals surface area contributed by atoms with Gasteiger partial charge < -0.3 is 10.6 Å². The van der Waals surface area contributed by atoms with E-state index in [4.69, 9.17) is 11.6 Å². The van der Waals surface area contributed by atoms with E-state index in [-0.39, 0.29) is 29.5 Å². The maximum absolute atomic E-state index is 13.7. The second-order valence-electron chi connectivity index (χ2n) is 6.77. The van der Waals surface area contributed by atoms with Crippen molar-refractivity contribution in [1.82, 2.24) is 15.1 Å². The van der Waals surface area contributed by atoms with Gasteiger partial charge in [-0.05, 0) is 29.1 Å². The molecule has 1 aliphatic heterocycles. The van der Waals surface area contributed by atoms with E-state index in [0.717, 1.165) is 9.56 Å². The smallest absolute Gasteiger partial charge is 0.361 e. The summed E-state index contributed by atoms with van der Waals surface area (Å²) in [6.07, 6.45) is -4.84. The van der Waals surface area contributed by atoms with Crippen molar-refractivity contribution in [3.8, 4) is 0 Å². The minimum absolute atomic E-state index is 0.0458. The normalized spacial score (nSPS) is 18.6. The molecule has 2 unspecified atom stereocenters. The number of alkyl halides is 3. The first-order valence-corrected chi connectivity index (χ1v) is 10.2. The van der Waals surface area contributed by atoms with Crippen LogP contribution in [0.2, 0.25) is 5.02 Å². The third-order valence-electron chi connectivity index (χ3n) is 4.76. The number of anilines is 1. The summed E-state index contributed by atoms with van der Waals surface area (Å²) in [6, 6.07) is 6.44. The van der Waals surface area contributed by atoms with Gasteiger partial charge in [0.15, 0.2) is 11.7 Å². The molecular formula is C19H15ClF4N4OS. The highest BCUT2D eigenvalue weighted by molar-refractivity contribution is 7.10. The fraction of sp³-hybridized carbons (Fsp3) is 0.263. The number of rotatable bonds is 4. The summed E-state index contributed by atoms with van der Waals surface area (Å²) >= 11 is 7.60. The minimum Gasteiger partial charge on any atom is -0.361 e. The second-order valence-corrected chi connectivity index (χ2v) is 8.13. The van der Waals surface area contributed by atoms with E-state index in [2.05, 4.69) is 15.7 Å². The Labute approximate surface area is 177 Å². The van der Waals surface area contributed by atoms with Gasteiger partial charge in [-0.3, -0.25) is 4.79 Å². The third kappa shape index (κ3) is 4.01. The molecular weight excluding hydrogens is 444 g/mol. The van der Waals surface area contributed by atoms with Crippen molar-refractivity contribution in [2.75, 3.05) is 5.32 Å². The van der Waals surface area contributed by atoms with Gasteiger partial charge in [0, 0.05) is 17.8 Å². The standard InChI is InChI=1S/C19H15ClF4N4OS/c20-15-16(18(29)25-9-10-3-5-11(21)6-4-10)27-28-14(19(22,23)24)8-12(26-17(15)28)13-2-1-7-30-13/h1-7,12,14,26H,8-9H2,(H,25,29). The Kier molecular flexibility index (Phi) is 5.46. The molecule has 2 atom stereocenters. The number of carbonyl (C=O) groups is 1. The highest BCUT2D eigenvalue weighted by atomic mass is 35.5. The van der Waals surface area contributed by atoms with Crippen LogP contribution in [0.4, 0.5) is 23.4 Å². The molecule has 0 fully saturated rings. The maximum Gasteiger partial charge on any atom is 0.410 e. The molecule has 0 saturated heterocycles. The predicted octanol–water partition coefficient (Wildman–Crippen LogP) is 5.33. The topological polar surface area (TPSA) is 59.0 Å². The van der Waals surface area contributed by atoms with Gasteiger partial charge in [-0.2, -0.15) is 18.3 Å². The van der Waals surface area contributed by atoms with Gasteiger partial charge in [0.05, 0.1) is 6.04 Å². The second kappa shape index (κ2) is 7.92. The molecule has 3 aromatic rings. The van der Waals surface area contributed by atoms with Crippen LogP contribution in [0.15, 0.2) is 41.8 Å². The van der Waals surface area contributed by atoms with Gasteiger partial charge in [-0.1, -0.05) is 29.8 Å². The summed E-state index contributed by atoms with van der Waals surface area (Å²) in [7, 11) is 0. The minimum atomic E-state index is -4.57.